The third-order valence-electron chi connectivity index (χ3n) is 3.50. The van der Waals surface area contributed by atoms with E-state index >= 15 is 0 Å². The van der Waals surface area contributed by atoms with Gasteiger partial charge in [-0.3, -0.25) is 19.6 Å². The Bertz CT molecular complexity index is 774. The summed E-state index contributed by atoms with van der Waals surface area (Å²) in [7, 11) is 0. The molecular weight excluding hydrogens is 322 g/mol. The maximum atomic E-state index is 12.6. The molecular formula is C15H16F2N4O3. The van der Waals surface area contributed by atoms with Crippen molar-refractivity contribution in [3.05, 3.63) is 51.3 Å². The molecule has 0 radical (unpaired) electrons. The van der Waals surface area contributed by atoms with Gasteiger partial charge in [-0.1, -0.05) is 12.1 Å². The maximum Gasteiger partial charge on any atom is 0.312 e. The van der Waals surface area contributed by atoms with Crippen LogP contribution in [0.15, 0.2) is 24.3 Å². The summed E-state index contributed by atoms with van der Waals surface area (Å²) in [5.41, 5.74) is 0.673. The van der Waals surface area contributed by atoms with Crippen molar-refractivity contribution >= 4 is 17.3 Å². The van der Waals surface area contributed by atoms with Gasteiger partial charge in [-0.05, 0) is 26.0 Å². The number of benzene rings is 1. The average molecular weight is 338 g/mol. The summed E-state index contributed by atoms with van der Waals surface area (Å²) in [6.07, 6.45) is -2.60. The molecule has 0 saturated heterocycles. The molecule has 7 nitrogen and oxygen atoms in total. The molecule has 0 aliphatic rings. The molecule has 0 atom stereocenters. The second-order valence-corrected chi connectivity index (χ2v) is 5.22. The van der Waals surface area contributed by atoms with E-state index in [1.165, 1.54) is 35.9 Å². The summed E-state index contributed by atoms with van der Waals surface area (Å²) in [6.45, 7) is 3.24. The van der Waals surface area contributed by atoms with Crippen LogP contribution in [-0.4, -0.2) is 20.6 Å². The van der Waals surface area contributed by atoms with E-state index in [-0.39, 0.29) is 35.6 Å². The molecule has 1 aromatic heterocycles. The molecule has 1 aromatic carbocycles. The first-order chi connectivity index (χ1) is 11.3. The minimum absolute atomic E-state index is 0.0119. The highest BCUT2D eigenvalue weighted by Crippen LogP contribution is 2.23. The third-order valence-corrected chi connectivity index (χ3v) is 3.50. The predicted molar refractivity (Wildman–Crippen MR) is 83.0 cm³/mol. The van der Waals surface area contributed by atoms with Crippen molar-refractivity contribution in [3.63, 3.8) is 0 Å². The second kappa shape index (κ2) is 7.16. The molecule has 2 aromatic rings. The van der Waals surface area contributed by atoms with Crippen LogP contribution in [0.1, 0.15) is 29.8 Å². The van der Waals surface area contributed by atoms with Crippen LogP contribution in [0.5, 0.6) is 0 Å². The number of nitro groups is 1. The summed E-state index contributed by atoms with van der Waals surface area (Å²) in [6, 6.07) is 5.42. The van der Waals surface area contributed by atoms with Crippen molar-refractivity contribution in [2.24, 2.45) is 0 Å². The molecule has 128 valence electrons. The first-order valence-corrected chi connectivity index (χ1v) is 7.16. The summed E-state index contributed by atoms with van der Waals surface area (Å²) in [5.74, 6) is -0.392. The van der Waals surface area contributed by atoms with Crippen LogP contribution >= 0.6 is 0 Å². The van der Waals surface area contributed by atoms with E-state index in [4.69, 9.17) is 0 Å². The number of anilines is 1. The smallest absolute Gasteiger partial charge is 0.312 e. The van der Waals surface area contributed by atoms with Crippen molar-refractivity contribution in [2.75, 3.05) is 5.32 Å². The van der Waals surface area contributed by atoms with Gasteiger partial charge in [-0.2, -0.15) is 5.10 Å². The Morgan fingerprint density at radius 1 is 1.42 bits per heavy atom. The number of nitrogens with one attached hydrogen (secondary N) is 1. The van der Waals surface area contributed by atoms with Gasteiger partial charge in [0.15, 0.2) is 0 Å². The Labute approximate surface area is 136 Å². The number of hydrogen-bond acceptors (Lipinski definition) is 4. The highest BCUT2D eigenvalue weighted by molar-refractivity contribution is 5.90. The van der Waals surface area contributed by atoms with Gasteiger partial charge in [0.05, 0.1) is 11.5 Å². The van der Waals surface area contributed by atoms with Crippen LogP contribution < -0.4 is 5.32 Å². The van der Waals surface area contributed by atoms with Crippen molar-refractivity contribution in [3.8, 4) is 0 Å². The van der Waals surface area contributed by atoms with Gasteiger partial charge >= 0.3 is 5.69 Å². The molecule has 9 heteroatoms. The Morgan fingerprint density at radius 3 is 2.71 bits per heavy atom. The fraction of sp³-hybridized carbons (Fsp3) is 0.333. The van der Waals surface area contributed by atoms with E-state index in [1.54, 1.807) is 6.92 Å². The monoisotopic (exact) mass is 338 g/mol. The molecule has 0 fully saturated rings. The minimum atomic E-state index is -2.61. The maximum absolute atomic E-state index is 12.6. The quantitative estimate of drug-likeness (QED) is 0.646. The molecule has 0 saturated carbocycles. The molecule has 0 unspecified atom stereocenters. The largest absolute Gasteiger partial charge is 0.326 e. The van der Waals surface area contributed by atoms with Crippen molar-refractivity contribution in [1.29, 1.82) is 0 Å². The first-order valence-electron chi connectivity index (χ1n) is 7.16. The Kier molecular flexibility index (Phi) is 5.22. The third kappa shape index (κ3) is 3.92. The zero-order valence-electron chi connectivity index (χ0n) is 13.1. The van der Waals surface area contributed by atoms with Crippen molar-refractivity contribution in [2.45, 2.75) is 33.2 Å². The van der Waals surface area contributed by atoms with Crippen LogP contribution in [0.3, 0.4) is 0 Å². The van der Waals surface area contributed by atoms with Gasteiger partial charge in [0.1, 0.15) is 11.4 Å². The lowest BCUT2D eigenvalue weighted by Gasteiger charge is -2.08. The van der Waals surface area contributed by atoms with Gasteiger partial charge in [0.2, 0.25) is 5.91 Å². The first kappa shape index (κ1) is 17.5. The molecule has 24 heavy (non-hydrogen) atoms. The summed E-state index contributed by atoms with van der Waals surface area (Å²) in [5, 5.41) is 17.5. The molecule has 0 aliphatic heterocycles. The molecule has 0 bridgehead atoms. The summed E-state index contributed by atoms with van der Waals surface area (Å²) in [4.78, 5) is 22.4. The van der Waals surface area contributed by atoms with Crippen LogP contribution in [0, 0.1) is 24.0 Å². The average Bonchev–Trinajstić information content (AvgIpc) is 2.79. The molecule has 0 aliphatic carbocycles. The fourth-order valence-electron chi connectivity index (χ4n) is 2.35. The van der Waals surface area contributed by atoms with E-state index < -0.39 is 17.3 Å². The highest BCUT2D eigenvalue weighted by atomic mass is 19.3. The predicted octanol–water partition coefficient (Wildman–Crippen LogP) is 3.37. The van der Waals surface area contributed by atoms with E-state index in [0.717, 1.165) is 0 Å². The SMILES string of the molecule is Cc1nn(CCC(=O)Nc2cccc(C(F)F)c2)c(C)c1[N+](=O)[O-]. The van der Waals surface area contributed by atoms with E-state index in [0.29, 0.717) is 5.69 Å². The Balaban J connectivity index is 2.00. The lowest BCUT2D eigenvalue weighted by Crippen LogP contribution is -2.15. The van der Waals surface area contributed by atoms with Crippen LogP contribution in [-0.2, 0) is 11.3 Å². The normalized spacial score (nSPS) is 10.9. The van der Waals surface area contributed by atoms with Gasteiger partial charge in [0, 0.05) is 17.7 Å². The van der Waals surface area contributed by atoms with E-state index in [2.05, 4.69) is 10.4 Å². The number of aryl methyl sites for hydroxylation is 2. The lowest BCUT2D eigenvalue weighted by molar-refractivity contribution is -0.386. The molecule has 1 amide bonds. The summed E-state index contributed by atoms with van der Waals surface area (Å²) < 4.78 is 26.6. The van der Waals surface area contributed by atoms with Crippen molar-refractivity contribution < 1.29 is 18.5 Å². The zero-order valence-corrected chi connectivity index (χ0v) is 13.1. The molecule has 2 rings (SSSR count). The Hall–Kier alpha value is -2.84. The van der Waals surface area contributed by atoms with Crippen molar-refractivity contribution in [1.82, 2.24) is 9.78 Å². The minimum Gasteiger partial charge on any atom is -0.326 e. The standard InChI is InChI=1S/C15H16F2N4O3/c1-9-14(21(23)24)10(2)20(19-9)7-6-13(22)18-12-5-3-4-11(8-12)15(16)17/h3-5,8,15H,6-7H2,1-2H3,(H,18,22). The molecule has 0 spiro atoms. The topological polar surface area (TPSA) is 90.1 Å². The van der Waals surface area contributed by atoms with Crippen LogP contribution in [0.2, 0.25) is 0 Å². The number of halogens is 2. The number of hydrogen-bond donors (Lipinski definition) is 1. The van der Waals surface area contributed by atoms with Gasteiger partial charge in [-0.25, -0.2) is 8.78 Å². The van der Waals surface area contributed by atoms with E-state index in [1.807, 2.05) is 0 Å². The number of amides is 1. The van der Waals surface area contributed by atoms with Gasteiger partial charge < -0.3 is 5.32 Å². The number of aromatic nitrogens is 2. The Morgan fingerprint density at radius 2 is 2.12 bits per heavy atom. The van der Waals surface area contributed by atoms with Gasteiger partial charge in [0.25, 0.3) is 6.43 Å². The molecule has 1 heterocycles. The number of carbonyl (C=O) groups is 1. The molecule has 1 N–H and O–H groups in total. The van der Waals surface area contributed by atoms with Gasteiger partial charge in [-0.15, -0.1) is 0 Å². The number of rotatable bonds is 6. The number of nitrogens with zero attached hydrogens (tertiary/aromatic N) is 3. The van der Waals surface area contributed by atoms with E-state index in [9.17, 15) is 23.7 Å². The number of alkyl halides is 2. The van der Waals surface area contributed by atoms with Crippen LogP contribution in [0.25, 0.3) is 0 Å². The fourth-order valence-corrected chi connectivity index (χ4v) is 2.35. The lowest BCUT2D eigenvalue weighted by atomic mass is 10.2. The summed E-state index contributed by atoms with van der Waals surface area (Å²) >= 11 is 0. The van der Waals surface area contributed by atoms with Crippen LogP contribution in [0.4, 0.5) is 20.2 Å². The second-order valence-electron chi connectivity index (χ2n) is 5.22. The highest BCUT2D eigenvalue weighted by Gasteiger charge is 2.21. The number of carbonyl (C=O) groups excluding carboxylic acids is 1. The zero-order chi connectivity index (χ0) is 17.9.